The molecule has 0 bridgehead atoms. The molecule has 1 N–H and O–H groups in total. The van der Waals surface area contributed by atoms with E-state index >= 15 is 0 Å². The van der Waals surface area contributed by atoms with E-state index in [0.29, 0.717) is 6.04 Å². The summed E-state index contributed by atoms with van der Waals surface area (Å²) in [4.78, 5) is 0. The van der Waals surface area contributed by atoms with E-state index < -0.39 is 0 Å². The predicted octanol–water partition coefficient (Wildman–Crippen LogP) is 4.07. The second-order valence-electron chi connectivity index (χ2n) is 3.94. The van der Waals surface area contributed by atoms with Crippen LogP contribution in [0.2, 0.25) is 0 Å². The third-order valence-electron chi connectivity index (χ3n) is 2.53. The number of halogens is 1. The first-order valence-corrected chi connectivity index (χ1v) is 7.72. The molecule has 1 atom stereocenters. The van der Waals surface area contributed by atoms with Crippen molar-refractivity contribution >= 4 is 27.7 Å². The maximum atomic E-state index is 3.50. The lowest BCUT2D eigenvalue weighted by molar-refractivity contribution is 0.555. The highest BCUT2D eigenvalue weighted by molar-refractivity contribution is 9.10. The van der Waals surface area contributed by atoms with Crippen molar-refractivity contribution in [3.05, 3.63) is 34.3 Å². The van der Waals surface area contributed by atoms with E-state index in [1.165, 1.54) is 17.7 Å². The highest BCUT2D eigenvalue weighted by Crippen LogP contribution is 2.15. The Labute approximate surface area is 112 Å². The molecule has 0 saturated carbocycles. The number of nitrogens with one attached hydrogen (secondary N) is 1. The minimum atomic E-state index is 0.647. The average molecular weight is 302 g/mol. The number of thioether (sulfide) groups is 1. The maximum absolute atomic E-state index is 3.50. The van der Waals surface area contributed by atoms with Crippen molar-refractivity contribution < 1.29 is 0 Å². The Hall–Kier alpha value is 0.01000. The molecule has 0 aliphatic heterocycles. The number of hydrogen-bond acceptors (Lipinski definition) is 2. The van der Waals surface area contributed by atoms with E-state index in [-0.39, 0.29) is 0 Å². The van der Waals surface area contributed by atoms with Crippen molar-refractivity contribution in [2.24, 2.45) is 0 Å². The molecule has 0 aliphatic carbocycles. The SMILES string of the molecule is CC[C@@H](C)NCCSCc1ccc(Br)cc1. The Balaban J connectivity index is 2.09. The first-order valence-electron chi connectivity index (χ1n) is 5.78. The van der Waals surface area contributed by atoms with Gasteiger partial charge in [-0.2, -0.15) is 11.8 Å². The molecule has 16 heavy (non-hydrogen) atoms. The lowest BCUT2D eigenvalue weighted by Gasteiger charge is -2.10. The van der Waals surface area contributed by atoms with Gasteiger partial charge in [-0.25, -0.2) is 0 Å². The summed E-state index contributed by atoms with van der Waals surface area (Å²) in [6.07, 6.45) is 1.21. The summed E-state index contributed by atoms with van der Waals surface area (Å²) in [5.41, 5.74) is 1.40. The van der Waals surface area contributed by atoms with E-state index in [9.17, 15) is 0 Å². The minimum absolute atomic E-state index is 0.647. The van der Waals surface area contributed by atoms with Crippen molar-refractivity contribution in [3.63, 3.8) is 0 Å². The van der Waals surface area contributed by atoms with Gasteiger partial charge in [0.25, 0.3) is 0 Å². The normalized spacial score (nSPS) is 12.7. The van der Waals surface area contributed by atoms with Gasteiger partial charge in [0.2, 0.25) is 0 Å². The van der Waals surface area contributed by atoms with Gasteiger partial charge in [0.1, 0.15) is 0 Å². The predicted molar refractivity (Wildman–Crippen MR) is 78.1 cm³/mol. The molecule has 90 valence electrons. The Morgan fingerprint density at radius 1 is 1.31 bits per heavy atom. The molecule has 1 nitrogen and oxygen atoms in total. The molecule has 0 fully saturated rings. The van der Waals surface area contributed by atoms with Crippen molar-refractivity contribution in [1.82, 2.24) is 5.32 Å². The molecule has 0 aromatic heterocycles. The zero-order valence-electron chi connectivity index (χ0n) is 10.0. The van der Waals surface area contributed by atoms with Gasteiger partial charge in [-0.1, -0.05) is 35.0 Å². The van der Waals surface area contributed by atoms with Gasteiger partial charge in [-0.15, -0.1) is 0 Å². The van der Waals surface area contributed by atoms with Gasteiger partial charge in [0.15, 0.2) is 0 Å². The second-order valence-corrected chi connectivity index (χ2v) is 5.96. The summed E-state index contributed by atoms with van der Waals surface area (Å²) in [6, 6.07) is 9.21. The second kappa shape index (κ2) is 8.15. The molecule has 0 radical (unpaired) electrons. The fraction of sp³-hybridized carbons (Fsp3) is 0.538. The Morgan fingerprint density at radius 3 is 2.62 bits per heavy atom. The standard InChI is InChI=1S/C13H20BrNS/c1-3-11(2)15-8-9-16-10-12-4-6-13(14)7-5-12/h4-7,11,15H,3,8-10H2,1-2H3/t11-/m1/s1. The largest absolute Gasteiger partial charge is 0.313 e. The lowest BCUT2D eigenvalue weighted by atomic mass is 10.2. The molecular weight excluding hydrogens is 282 g/mol. The fourth-order valence-corrected chi connectivity index (χ4v) is 2.39. The number of hydrogen-bond donors (Lipinski definition) is 1. The van der Waals surface area contributed by atoms with Crippen LogP contribution in [0.25, 0.3) is 0 Å². The summed E-state index contributed by atoms with van der Waals surface area (Å²) in [5, 5.41) is 3.50. The van der Waals surface area contributed by atoms with Crippen LogP contribution in [0, 0.1) is 0 Å². The molecule has 3 heteroatoms. The van der Waals surface area contributed by atoms with E-state index in [1.54, 1.807) is 0 Å². The zero-order valence-corrected chi connectivity index (χ0v) is 12.4. The van der Waals surface area contributed by atoms with Crippen LogP contribution >= 0.6 is 27.7 Å². The van der Waals surface area contributed by atoms with E-state index in [2.05, 4.69) is 59.4 Å². The molecule has 1 rings (SSSR count). The van der Waals surface area contributed by atoms with Crippen molar-refractivity contribution in [2.45, 2.75) is 32.1 Å². The molecule has 0 saturated heterocycles. The summed E-state index contributed by atoms with van der Waals surface area (Å²) in [5.74, 6) is 2.29. The maximum Gasteiger partial charge on any atom is 0.0185 e. The first-order chi connectivity index (χ1) is 7.72. The highest BCUT2D eigenvalue weighted by Gasteiger charge is 1.97. The van der Waals surface area contributed by atoms with Crippen molar-refractivity contribution in [3.8, 4) is 0 Å². The summed E-state index contributed by atoms with van der Waals surface area (Å²) >= 11 is 5.43. The smallest absolute Gasteiger partial charge is 0.0185 e. The molecule has 0 amide bonds. The van der Waals surface area contributed by atoms with Crippen LogP contribution in [0.3, 0.4) is 0 Å². The minimum Gasteiger partial charge on any atom is -0.313 e. The average Bonchev–Trinajstić information content (AvgIpc) is 2.31. The molecule has 1 aromatic rings. The fourth-order valence-electron chi connectivity index (χ4n) is 1.29. The summed E-state index contributed by atoms with van der Waals surface area (Å²) in [7, 11) is 0. The Morgan fingerprint density at radius 2 is 2.00 bits per heavy atom. The molecule has 1 aromatic carbocycles. The molecule has 0 heterocycles. The lowest BCUT2D eigenvalue weighted by Crippen LogP contribution is -2.27. The van der Waals surface area contributed by atoms with Gasteiger partial charge in [-0.3, -0.25) is 0 Å². The summed E-state index contributed by atoms with van der Waals surface area (Å²) < 4.78 is 1.15. The van der Waals surface area contributed by atoms with Crippen LogP contribution in [0.15, 0.2) is 28.7 Å². The molecular formula is C13H20BrNS. The van der Waals surface area contributed by atoms with Crippen molar-refractivity contribution in [1.29, 1.82) is 0 Å². The van der Waals surface area contributed by atoms with Crippen LogP contribution in [0.4, 0.5) is 0 Å². The zero-order chi connectivity index (χ0) is 11.8. The van der Waals surface area contributed by atoms with Crippen LogP contribution in [-0.2, 0) is 5.75 Å². The molecule has 0 spiro atoms. The first kappa shape index (κ1) is 14.1. The molecule has 0 unspecified atom stereocenters. The van der Waals surface area contributed by atoms with Crippen LogP contribution < -0.4 is 5.32 Å². The van der Waals surface area contributed by atoms with E-state index in [4.69, 9.17) is 0 Å². The van der Waals surface area contributed by atoms with Crippen LogP contribution in [-0.4, -0.2) is 18.3 Å². The third-order valence-corrected chi connectivity index (χ3v) is 4.09. The highest BCUT2D eigenvalue weighted by atomic mass is 79.9. The number of rotatable bonds is 7. The topological polar surface area (TPSA) is 12.0 Å². The van der Waals surface area contributed by atoms with E-state index in [1.807, 2.05) is 11.8 Å². The molecule has 0 aliphatic rings. The quantitative estimate of drug-likeness (QED) is 0.762. The Kier molecular flexibility index (Phi) is 7.17. The monoisotopic (exact) mass is 301 g/mol. The Bertz CT molecular complexity index is 286. The van der Waals surface area contributed by atoms with Crippen molar-refractivity contribution in [2.75, 3.05) is 12.3 Å². The number of benzene rings is 1. The van der Waals surface area contributed by atoms with Gasteiger partial charge >= 0.3 is 0 Å². The van der Waals surface area contributed by atoms with Gasteiger partial charge in [-0.05, 0) is 31.0 Å². The van der Waals surface area contributed by atoms with Gasteiger partial charge in [0.05, 0.1) is 0 Å². The van der Waals surface area contributed by atoms with E-state index in [0.717, 1.165) is 16.8 Å². The van der Waals surface area contributed by atoms with Gasteiger partial charge < -0.3 is 5.32 Å². The van der Waals surface area contributed by atoms with Gasteiger partial charge in [0, 0.05) is 28.6 Å². The van der Waals surface area contributed by atoms with Crippen LogP contribution in [0.1, 0.15) is 25.8 Å². The third kappa shape index (κ3) is 5.92. The van der Waals surface area contributed by atoms with Crippen LogP contribution in [0.5, 0.6) is 0 Å². The summed E-state index contributed by atoms with van der Waals surface area (Å²) in [6.45, 7) is 5.56.